The molecule has 0 aliphatic carbocycles. The summed E-state index contributed by atoms with van der Waals surface area (Å²) in [7, 11) is 0. The quantitative estimate of drug-likeness (QED) is 0.541. The molecule has 30 heavy (non-hydrogen) atoms. The molecule has 3 heterocycles. The SMILES string of the molecule is O=C1c2[nH]nc(-c3ccccc3O)c2[C@H](c2ccccc2F)N1Cc1cccnc1. The Bertz CT molecular complexity index is 1240. The van der Waals surface area contributed by atoms with Crippen molar-refractivity contribution in [3.63, 3.8) is 0 Å². The highest BCUT2D eigenvalue weighted by Gasteiger charge is 2.43. The predicted molar refractivity (Wildman–Crippen MR) is 108 cm³/mol. The number of hydrogen-bond donors (Lipinski definition) is 2. The van der Waals surface area contributed by atoms with Crippen LogP contribution in [0.2, 0.25) is 0 Å². The van der Waals surface area contributed by atoms with Crippen LogP contribution in [0.1, 0.15) is 33.2 Å². The average molecular weight is 400 g/mol. The number of fused-ring (bicyclic) bond motifs is 1. The molecular formula is C23H17FN4O2. The first kappa shape index (κ1) is 18.1. The van der Waals surface area contributed by atoms with E-state index in [2.05, 4.69) is 15.2 Å². The van der Waals surface area contributed by atoms with Crippen molar-refractivity contribution in [3.8, 4) is 17.0 Å². The van der Waals surface area contributed by atoms with E-state index in [0.29, 0.717) is 28.1 Å². The minimum Gasteiger partial charge on any atom is -0.507 e. The molecule has 0 saturated heterocycles. The molecule has 1 aliphatic heterocycles. The van der Waals surface area contributed by atoms with Crippen LogP contribution in [-0.4, -0.2) is 31.1 Å². The monoisotopic (exact) mass is 400 g/mol. The number of pyridine rings is 1. The first-order chi connectivity index (χ1) is 14.6. The summed E-state index contributed by atoms with van der Waals surface area (Å²) in [5.41, 5.74) is 2.95. The molecule has 0 unspecified atom stereocenters. The van der Waals surface area contributed by atoms with E-state index >= 15 is 0 Å². The van der Waals surface area contributed by atoms with Gasteiger partial charge in [0.15, 0.2) is 0 Å². The van der Waals surface area contributed by atoms with Crippen LogP contribution in [0.25, 0.3) is 11.3 Å². The minimum atomic E-state index is -0.692. The number of aromatic hydroxyl groups is 1. The molecule has 2 N–H and O–H groups in total. The summed E-state index contributed by atoms with van der Waals surface area (Å²) in [4.78, 5) is 19.0. The Kier molecular flexibility index (Phi) is 4.28. The molecule has 148 valence electrons. The molecule has 4 aromatic rings. The zero-order valence-corrected chi connectivity index (χ0v) is 15.8. The van der Waals surface area contributed by atoms with Crippen molar-refractivity contribution in [2.45, 2.75) is 12.6 Å². The van der Waals surface area contributed by atoms with Gasteiger partial charge < -0.3 is 10.0 Å². The molecule has 0 radical (unpaired) electrons. The Balaban J connectivity index is 1.70. The topological polar surface area (TPSA) is 82.1 Å². The maximum atomic E-state index is 14.9. The Labute approximate surface area is 171 Å². The zero-order chi connectivity index (χ0) is 20.7. The fourth-order valence-corrected chi connectivity index (χ4v) is 3.95. The summed E-state index contributed by atoms with van der Waals surface area (Å²) in [5.74, 6) is -0.655. The second-order valence-corrected chi connectivity index (χ2v) is 7.10. The van der Waals surface area contributed by atoms with Crippen LogP contribution in [0, 0.1) is 5.82 Å². The molecule has 0 saturated carbocycles. The second kappa shape index (κ2) is 7.11. The number of halogens is 1. The Morgan fingerprint density at radius 2 is 1.87 bits per heavy atom. The van der Waals surface area contributed by atoms with Gasteiger partial charge in [-0.2, -0.15) is 5.10 Å². The van der Waals surface area contributed by atoms with Crippen LogP contribution in [0.15, 0.2) is 73.1 Å². The lowest BCUT2D eigenvalue weighted by Gasteiger charge is -2.26. The largest absolute Gasteiger partial charge is 0.507 e. The summed E-state index contributed by atoms with van der Waals surface area (Å²) < 4.78 is 14.9. The van der Waals surface area contributed by atoms with Gasteiger partial charge in [0.1, 0.15) is 23.0 Å². The van der Waals surface area contributed by atoms with Crippen LogP contribution < -0.4 is 0 Å². The highest BCUT2D eigenvalue weighted by Crippen LogP contribution is 2.45. The van der Waals surface area contributed by atoms with Crippen LogP contribution >= 0.6 is 0 Å². The van der Waals surface area contributed by atoms with E-state index in [-0.39, 0.29) is 18.2 Å². The molecule has 0 spiro atoms. The summed E-state index contributed by atoms with van der Waals surface area (Å²) in [6, 6.07) is 16.1. The zero-order valence-electron chi connectivity index (χ0n) is 15.8. The first-order valence-corrected chi connectivity index (χ1v) is 9.46. The average Bonchev–Trinajstić information content (AvgIpc) is 3.30. The lowest BCUT2D eigenvalue weighted by Crippen LogP contribution is -2.29. The van der Waals surface area contributed by atoms with Gasteiger partial charge in [-0.25, -0.2) is 4.39 Å². The maximum Gasteiger partial charge on any atom is 0.273 e. The number of para-hydroxylation sites is 1. The first-order valence-electron chi connectivity index (χ1n) is 9.46. The maximum absolute atomic E-state index is 14.9. The van der Waals surface area contributed by atoms with Gasteiger partial charge >= 0.3 is 0 Å². The molecule has 7 heteroatoms. The van der Waals surface area contributed by atoms with E-state index in [1.807, 2.05) is 6.07 Å². The van der Waals surface area contributed by atoms with Crippen molar-refractivity contribution in [1.29, 1.82) is 0 Å². The van der Waals surface area contributed by atoms with Gasteiger partial charge in [-0.15, -0.1) is 0 Å². The van der Waals surface area contributed by atoms with Crippen LogP contribution in [-0.2, 0) is 6.54 Å². The van der Waals surface area contributed by atoms with Gasteiger partial charge in [-0.3, -0.25) is 14.9 Å². The highest BCUT2D eigenvalue weighted by molar-refractivity contribution is 6.00. The van der Waals surface area contributed by atoms with Crippen LogP contribution in [0.4, 0.5) is 4.39 Å². The van der Waals surface area contributed by atoms with E-state index in [1.54, 1.807) is 65.8 Å². The Morgan fingerprint density at radius 3 is 2.63 bits per heavy atom. The molecule has 2 aromatic heterocycles. The van der Waals surface area contributed by atoms with Gasteiger partial charge in [-0.05, 0) is 29.8 Å². The Hall–Kier alpha value is -4.00. The number of benzene rings is 2. The normalized spacial score (nSPS) is 15.4. The van der Waals surface area contributed by atoms with E-state index in [9.17, 15) is 14.3 Å². The number of aromatic nitrogens is 3. The Morgan fingerprint density at radius 1 is 1.07 bits per heavy atom. The number of carbonyl (C=O) groups excluding carboxylic acids is 1. The fourth-order valence-electron chi connectivity index (χ4n) is 3.95. The van der Waals surface area contributed by atoms with Gasteiger partial charge in [0.05, 0.1) is 6.04 Å². The third kappa shape index (κ3) is 2.83. The number of hydrogen-bond acceptors (Lipinski definition) is 4. The van der Waals surface area contributed by atoms with E-state index < -0.39 is 11.9 Å². The highest BCUT2D eigenvalue weighted by atomic mass is 19.1. The number of aromatic amines is 1. The fraction of sp³-hybridized carbons (Fsp3) is 0.0870. The van der Waals surface area contributed by atoms with E-state index in [0.717, 1.165) is 5.56 Å². The molecular weight excluding hydrogens is 383 g/mol. The molecule has 5 rings (SSSR count). The van der Waals surface area contributed by atoms with E-state index in [4.69, 9.17) is 0 Å². The lowest BCUT2D eigenvalue weighted by atomic mass is 9.95. The number of nitrogens with zero attached hydrogens (tertiary/aromatic N) is 3. The van der Waals surface area contributed by atoms with Crippen molar-refractivity contribution in [2.75, 3.05) is 0 Å². The molecule has 1 atom stereocenters. The molecule has 1 aliphatic rings. The standard InChI is InChI=1S/C23H17FN4O2/c24-17-9-3-1-7-15(17)22-19-20(16-8-2-4-10-18(16)29)26-27-21(19)23(30)28(22)13-14-6-5-11-25-12-14/h1-12,22,29H,13H2,(H,26,27)/t22-/m0/s1. The summed E-state index contributed by atoms with van der Waals surface area (Å²) in [5, 5.41) is 17.5. The number of phenols is 1. The summed E-state index contributed by atoms with van der Waals surface area (Å²) >= 11 is 0. The number of carbonyl (C=O) groups is 1. The van der Waals surface area contributed by atoms with Crippen LogP contribution in [0.3, 0.4) is 0 Å². The van der Waals surface area contributed by atoms with Crippen molar-refractivity contribution >= 4 is 5.91 Å². The smallest absolute Gasteiger partial charge is 0.273 e. The lowest BCUT2D eigenvalue weighted by molar-refractivity contribution is 0.0728. The predicted octanol–water partition coefficient (Wildman–Crippen LogP) is 4.06. The van der Waals surface area contributed by atoms with Crippen molar-refractivity contribution in [2.24, 2.45) is 0 Å². The number of H-pyrrole nitrogens is 1. The third-order valence-corrected chi connectivity index (χ3v) is 5.30. The number of amides is 1. The molecule has 0 fully saturated rings. The molecule has 1 amide bonds. The number of phenolic OH excluding ortho intramolecular Hbond substituents is 1. The van der Waals surface area contributed by atoms with Gasteiger partial charge in [-0.1, -0.05) is 36.4 Å². The van der Waals surface area contributed by atoms with Gasteiger partial charge in [0, 0.05) is 35.6 Å². The third-order valence-electron chi connectivity index (χ3n) is 5.30. The van der Waals surface area contributed by atoms with Gasteiger partial charge in [0.2, 0.25) is 0 Å². The summed E-state index contributed by atoms with van der Waals surface area (Å²) in [6.45, 7) is 0.258. The molecule has 2 aromatic carbocycles. The van der Waals surface area contributed by atoms with Crippen molar-refractivity contribution in [3.05, 3.63) is 101 Å². The van der Waals surface area contributed by atoms with Crippen molar-refractivity contribution in [1.82, 2.24) is 20.1 Å². The number of nitrogens with one attached hydrogen (secondary N) is 1. The van der Waals surface area contributed by atoms with Crippen LogP contribution in [0.5, 0.6) is 5.75 Å². The molecule has 0 bridgehead atoms. The van der Waals surface area contributed by atoms with Crippen molar-refractivity contribution < 1.29 is 14.3 Å². The van der Waals surface area contributed by atoms with Gasteiger partial charge in [0.25, 0.3) is 5.91 Å². The summed E-state index contributed by atoms with van der Waals surface area (Å²) in [6.07, 6.45) is 3.34. The number of rotatable bonds is 4. The minimum absolute atomic E-state index is 0.0391. The van der Waals surface area contributed by atoms with E-state index in [1.165, 1.54) is 6.07 Å². The molecule has 6 nitrogen and oxygen atoms in total. The second-order valence-electron chi connectivity index (χ2n) is 7.10.